The average Bonchev–Trinajstić information content (AvgIpc) is 2.46. The molecule has 0 saturated heterocycles. The molecule has 21 heavy (non-hydrogen) atoms. The molecule has 0 heterocycles. The summed E-state index contributed by atoms with van der Waals surface area (Å²) < 4.78 is 29.1. The van der Waals surface area contributed by atoms with Crippen LogP contribution in [0.4, 0.5) is 0 Å². The molecule has 2 aromatic rings. The molecule has 0 spiro atoms. The van der Waals surface area contributed by atoms with Crippen LogP contribution in [0.1, 0.15) is 28.4 Å². The topological polar surface area (TPSA) is 60.4 Å². The molecule has 0 aliphatic rings. The van der Waals surface area contributed by atoms with Gasteiger partial charge in [-0.15, -0.1) is 0 Å². The van der Waals surface area contributed by atoms with Gasteiger partial charge >= 0.3 is 0 Å². The Kier molecular flexibility index (Phi) is 4.55. The van der Waals surface area contributed by atoms with Gasteiger partial charge in [0.2, 0.25) is 0 Å². The highest BCUT2D eigenvalue weighted by Gasteiger charge is 2.15. The molecule has 110 valence electrons. The third-order valence-electron chi connectivity index (χ3n) is 3.02. The molecule has 0 bridgehead atoms. The Bertz CT molecular complexity index is 746. The molecule has 0 aromatic heterocycles. The largest absolute Gasteiger partial charge is 0.297 e. The lowest BCUT2D eigenvalue weighted by atomic mass is 10.1. The zero-order chi connectivity index (χ0) is 15.5. The first-order valence-corrected chi connectivity index (χ1v) is 7.85. The van der Waals surface area contributed by atoms with Gasteiger partial charge in [-0.2, -0.15) is 8.42 Å². The van der Waals surface area contributed by atoms with E-state index in [0.29, 0.717) is 11.1 Å². The molecule has 2 aromatic carbocycles. The van der Waals surface area contributed by atoms with Crippen molar-refractivity contribution in [3.8, 4) is 0 Å². The number of hydrogen-bond acceptors (Lipinski definition) is 4. The van der Waals surface area contributed by atoms with Gasteiger partial charge in [-0.25, -0.2) is 0 Å². The van der Waals surface area contributed by atoms with Gasteiger partial charge in [0.25, 0.3) is 10.1 Å². The highest BCUT2D eigenvalue weighted by Crippen LogP contribution is 2.16. The monoisotopic (exact) mass is 304 g/mol. The average molecular weight is 304 g/mol. The summed E-state index contributed by atoms with van der Waals surface area (Å²) in [5, 5.41) is 0. The molecule has 2 rings (SSSR count). The van der Waals surface area contributed by atoms with E-state index in [9.17, 15) is 13.2 Å². The Morgan fingerprint density at radius 1 is 1.10 bits per heavy atom. The van der Waals surface area contributed by atoms with Gasteiger partial charge in [-0.3, -0.25) is 8.98 Å². The van der Waals surface area contributed by atoms with Gasteiger partial charge in [0, 0.05) is 5.56 Å². The maximum absolute atomic E-state index is 12.0. The van der Waals surface area contributed by atoms with Crippen LogP contribution in [0.5, 0.6) is 0 Å². The van der Waals surface area contributed by atoms with Gasteiger partial charge in [0.15, 0.2) is 5.78 Å². The predicted molar refractivity (Wildman–Crippen MR) is 79.6 cm³/mol. The third-order valence-corrected chi connectivity index (χ3v) is 4.30. The fourth-order valence-corrected chi connectivity index (χ4v) is 2.70. The zero-order valence-corrected chi connectivity index (χ0v) is 12.7. The van der Waals surface area contributed by atoms with Crippen LogP contribution >= 0.6 is 0 Å². The first kappa shape index (κ1) is 15.4. The molecule has 4 nitrogen and oxygen atoms in total. The van der Waals surface area contributed by atoms with Crippen molar-refractivity contribution in [2.45, 2.75) is 25.3 Å². The van der Waals surface area contributed by atoms with E-state index >= 15 is 0 Å². The minimum absolute atomic E-state index is 0.0711. The number of aryl methyl sites for hydroxylation is 1. The van der Waals surface area contributed by atoms with Crippen molar-refractivity contribution in [1.29, 1.82) is 0 Å². The van der Waals surface area contributed by atoms with Gasteiger partial charge in [0.1, 0.15) is 0 Å². The van der Waals surface area contributed by atoms with Crippen LogP contribution in [0.2, 0.25) is 0 Å². The smallest absolute Gasteiger partial charge is 0.295 e. The van der Waals surface area contributed by atoms with E-state index in [1.807, 2.05) is 6.92 Å². The van der Waals surface area contributed by atoms with Crippen LogP contribution in [0, 0.1) is 6.92 Å². The molecule has 0 aliphatic carbocycles. The second-order valence-corrected chi connectivity index (χ2v) is 6.40. The van der Waals surface area contributed by atoms with Crippen LogP contribution in [-0.4, -0.2) is 14.2 Å². The number of benzene rings is 2. The molecule has 5 heteroatoms. The van der Waals surface area contributed by atoms with Crippen molar-refractivity contribution < 1.29 is 17.4 Å². The molecule has 0 atom stereocenters. The van der Waals surface area contributed by atoms with Crippen molar-refractivity contribution in [3.05, 3.63) is 65.2 Å². The van der Waals surface area contributed by atoms with E-state index in [0.717, 1.165) is 5.56 Å². The van der Waals surface area contributed by atoms with Crippen molar-refractivity contribution in [3.63, 3.8) is 0 Å². The second kappa shape index (κ2) is 6.20. The van der Waals surface area contributed by atoms with E-state index in [2.05, 4.69) is 0 Å². The number of carbonyl (C=O) groups is 1. The molecule has 0 radical (unpaired) electrons. The fourth-order valence-electron chi connectivity index (χ4n) is 1.80. The van der Waals surface area contributed by atoms with Crippen molar-refractivity contribution >= 4 is 15.9 Å². The number of ketones is 1. The Balaban J connectivity index is 2.13. The highest BCUT2D eigenvalue weighted by atomic mass is 32.2. The van der Waals surface area contributed by atoms with E-state index < -0.39 is 10.1 Å². The van der Waals surface area contributed by atoms with E-state index in [1.165, 1.54) is 19.1 Å². The quantitative estimate of drug-likeness (QED) is 0.629. The first-order valence-electron chi connectivity index (χ1n) is 6.44. The summed E-state index contributed by atoms with van der Waals surface area (Å²) in [6.07, 6.45) is 0. The summed E-state index contributed by atoms with van der Waals surface area (Å²) in [5.41, 5.74) is 2.14. The molecular formula is C16H16O4S. The van der Waals surface area contributed by atoms with Crippen LogP contribution in [0.3, 0.4) is 0 Å². The van der Waals surface area contributed by atoms with E-state index in [1.54, 1.807) is 36.4 Å². The van der Waals surface area contributed by atoms with Gasteiger partial charge in [-0.05, 0) is 37.6 Å². The van der Waals surface area contributed by atoms with Crippen molar-refractivity contribution in [2.24, 2.45) is 0 Å². The lowest BCUT2D eigenvalue weighted by molar-refractivity contribution is 0.101. The van der Waals surface area contributed by atoms with Gasteiger partial charge in [0.05, 0.1) is 11.5 Å². The summed E-state index contributed by atoms with van der Waals surface area (Å²) in [7, 11) is -3.79. The summed E-state index contributed by atoms with van der Waals surface area (Å²) in [5.74, 6) is -0.0711. The zero-order valence-electron chi connectivity index (χ0n) is 11.9. The van der Waals surface area contributed by atoms with Crippen LogP contribution < -0.4 is 0 Å². The molecule has 0 aliphatic heterocycles. The minimum atomic E-state index is -3.79. The summed E-state index contributed by atoms with van der Waals surface area (Å²) in [6.45, 7) is 3.24. The van der Waals surface area contributed by atoms with Gasteiger partial charge in [-0.1, -0.05) is 35.9 Å². The van der Waals surface area contributed by atoms with E-state index in [-0.39, 0.29) is 17.3 Å². The van der Waals surface area contributed by atoms with Crippen LogP contribution in [-0.2, 0) is 20.9 Å². The lowest BCUT2D eigenvalue weighted by Crippen LogP contribution is -2.07. The van der Waals surface area contributed by atoms with Crippen LogP contribution in [0.25, 0.3) is 0 Å². The van der Waals surface area contributed by atoms with Crippen molar-refractivity contribution in [2.75, 3.05) is 0 Å². The number of Topliss-reactive ketones (excluding diaryl/α,β-unsaturated/α-hetero) is 1. The number of carbonyl (C=O) groups excluding carboxylic acids is 1. The second-order valence-electron chi connectivity index (χ2n) is 4.79. The standard InChI is InChI=1S/C16H16O4S/c1-12-6-8-16(9-7-12)21(18,19)20-11-14-4-3-5-15(10-14)13(2)17/h3-10H,11H2,1-2H3. The predicted octanol–water partition coefficient (Wildman–Crippen LogP) is 3.10. The maximum Gasteiger partial charge on any atom is 0.297 e. The lowest BCUT2D eigenvalue weighted by Gasteiger charge is -2.07. The Morgan fingerprint density at radius 3 is 2.38 bits per heavy atom. The minimum Gasteiger partial charge on any atom is -0.295 e. The summed E-state index contributed by atoms with van der Waals surface area (Å²) in [4.78, 5) is 11.4. The molecule has 0 N–H and O–H groups in total. The fraction of sp³-hybridized carbons (Fsp3) is 0.188. The Labute approximate surface area is 124 Å². The summed E-state index contributed by atoms with van der Waals surface area (Å²) in [6, 6.07) is 13.2. The first-order chi connectivity index (χ1) is 9.88. The van der Waals surface area contributed by atoms with Gasteiger partial charge < -0.3 is 0 Å². The molecule has 0 unspecified atom stereocenters. The molecular weight excluding hydrogens is 288 g/mol. The summed E-state index contributed by atoms with van der Waals surface area (Å²) >= 11 is 0. The Morgan fingerprint density at radius 2 is 1.76 bits per heavy atom. The SMILES string of the molecule is CC(=O)c1cccc(COS(=O)(=O)c2ccc(C)cc2)c1. The number of hydrogen-bond donors (Lipinski definition) is 0. The van der Waals surface area contributed by atoms with E-state index in [4.69, 9.17) is 4.18 Å². The molecule has 0 saturated carbocycles. The molecule has 0 amide bonds. The van der Waals surface area contributed by atoms with Crippen molar-refractivity contribution in [1.82, 2.24) is 0 Å². The van der Waals surface area contributed by atoms with Crippen LogP contribution in [0.15, 0.2) is 53.4 Å². The Hall–Kier alpha value is -1.98. The highest BCUT2D eigenvalue weighted by molar-refractivity contribution is 7.86. The third kappa shape index (κ3) is 4.00. The molecule has 0 fully saturated rings. The normalized spacial score (nSPS) is 11.3. The number of rotatable bonds is 5. The maximum atomic E-state index is 12.0.